The summed E-state index contributed by atoms with van der Waals surface area (Å²) in [6.07, 6.45) is 1.07. The largest absolute Gasteiger partial charge is 0.332 e. The van der Waals surface area contributed by atoms with Gasteiger partial charge in [-0.2, -0.15) is 10.2 Å². The summed E-state index contributed by atoms with van der Waals surface area (Å²) in [6, 6.07) is -0.652. The number of carbonyl (C=O) groups is 3. The topological polar surface area (TPSA) is 82.4 Å². The highest BCUT2D eigenvalue weighted by Gasteiger charge is 2.41. The Bertz CT molecular complexity index is 339. The number of urea groups is 1. The number of nitrogens with zero attached hydrogens (tertiary/aromatic N) is 4. The number of hydrogen-bond donors (Lipinski definition) is 0. The van der Waals surface area contributed by atoms with Gasteiger partial charge in [0.2, 0.25) is 11.8 Å². The maximum atomic E-state index is 11.5. The van der Waals surface area contributed by atoms with Crippen molar-refractivity contribution in [1.82, 2.24) is 9.80 Å². The van der Waals surface area contributed by atoms with E-state index in [2.05, 4.69) is 16.9 Å². The molecule has 0 radical (unpaired) electrons. The van der Waals surface area contributed by atoms with Crippen molar-refractivity contribution in [2.24, 2.45) is 16.1 Å². The summed E-state index contributed by atoms with van der Waals surface area (Å²) in [6.45, 7) is 3.08. The number of rotatable bonds is 2. The van der Waals surface area contributed by atoms with E-state index < -0.39 is 23.8 Å². The fourth-order valence-corrected chi connectivity index (χ4v) is 1.18. The van der Waals surface area contributed by atoms with Gasteiger partial charge in [0.25, 0.3) is 0 Å². The highest BCUT2D eigenvalue weighted by atomic mass is 16.2. The summed E-state index contributed by atoms with van der Waals surface area (Å²) in [5, 5.41) is 6.53. The third-order valence-electron chi connectivity index (χ3n) is 2.06. The molecule has 0 atom stereocenters. The molecule has 4 amide bonds. The average Bonchev–Trinajstić information content (AvgIpc) is 2.24. The molecule has 0 aliphatic carbocycles. The summed E-state index contributed by atoms with van der Waals surface area (Å²) < 4.78 is 0. The summed E-state index contributed by atoms with van der Waals surface area (Å²) in [7, 11) is 2.60. The molecule has 0 aromatic rings. The Morgan fingerprint density at radius 3 is 2.07 bits per heavy atom. The number of carbonyl (C=O) groups excluding carboxylic acids is 3. The highest BCUT2D eigenvalue weighted by Crippen LogP contribution is 2.13. The van der Waals surface area contributed by atoms with Gasteiger partial charge < -0.3 is 0 Å². The second-order valence-corrected chi connectivity index (χ2v) is 2.96. The van der Waals surface area contributed by atoms with Crippen LogP contribution in [0.15, 0.2) is 10.2 Å². The number of amides is 4. The molecule has 1 fully saturated rings. The molecule has 0 N–H and O–H groups in total. The predicted octanol–water partition coefficient (Wildman–Crippen LogP) is -0.661. The monoisotopic (exact) mass is 210 g/mol. The number of barbiturate groups is 1. The lowest BCUT2D eigenvalue weighted by Crippen LogP contribution is -2.57. The smallest absolute Gasteiger partial charge is 0.273 e. The first kappa shape index (κ1) is 11.0. The van der Waals surface area contributed by atoms with Gasteiger partial charge in [0, 0.05) is 27.0 Å². The average molecular weight is 210 g/mol. The third kappa shape index (κ3) is 1.76. The van der Waals surface area contributed by atoms with E-state index in [9.17, 15) is 14.4 Å². The molecule has 0 aromatic carbocycles. The lowest BCUT2D eigenvalue weighted by atomic mass is 10.1. The van der Waals surface area contributed by atoms with E-state index in [1.807, 2.05) is 0 Å². The number of hydrogen-bond acceptors (Lipinski definition) is 5. The van der Waals surface area contributed by atoms with E-state index >= 15 is 0 Å². The van der Waals surface area contributed by atoms with Crippen LogP contribution in [0.1, 0.15) is 0 Å². The van der Waals surface area contributed by atoms with Gasteiger partial charge in [-0.05, 0) is 0 Å². The molecule has 0 unspecified atom stereocenters. The van der Waals surface area contributed by atoms with Crippen LogP contribution in [-0.2, 0) is 9.59 Å². The SMILES string of the molecule is C=N/N=C\C1C(=O)N(C)C(=O)N(C)C1=O. The molecule has 0 aromatic heterocycles. The van der Waals surface area contributed by atoms with Crippen LogP contribution in [-0.4, -0.2) is 54.7 Å². The zero-order valence-electron chi connectivity index (χ0n) is 8.38. The van der Waals surface area contributed by atoms with Crippen LogP contribution in [0.4, 0.5) is 4.79 Å². The Kier molecular flexibility index (Phi) is 2.93. The molecule has 0 saturated carbocycles. The molecule has 15 heavy (non-hydrogen) atoms. The normalized spacial score (nSPS) is 19.2. The predicted molar refractivity (Wildman–Crippen MR) is 52.5 cm³/mol. The molecule has 0 bridgehead atoms. The second kappa shape index (κ2) is 3.99. The van der Waals surface area contributed by atoms with Crippen molar-refractivity contribution in [2.75, 3.05) is 14.1 Å². The fraction of sp³-hybridized carbons (Fsp3) is 0.375. The standard InChI is InChI=1S/C8H10N4O3/c1-9-10-4-5-6(13)11(2)8(15)12(3)7(5)14/h4-5H,1H2,2-3H3/b10-4-. The molecular formula is C8H10N4O3. The molecule has 80 valence electrons. The summed E-state index contributed by atoms with van der Waals surface area (Å²) in [5.74, 6) is -2.32. The van der Waals surface area contributed by atoms with Crippen molar-refractivity contribution < 1.29 is 14.4 Å². The Morgan fingerprint density at radius 1 is 1.20 bits per heavy atom. The van der Waals surface area contributed by atoms with E-state index in [1.54, 1.807) is 0 Å². The third-order valence-corrected chi connectivity index (χ3v) is 2.06. The van der Waals surface area contributed by atoms with Gasteiger partial charge in [-0.1, -0.05) is 0 Å². The molecule has 7 nitrogen and oxygen atoms in total. The first-order valence-electron chi connectivity index (χ1n) is 4.09. The summed E-state index contributed by atoms with van der Waals surface area (Å²) in [4.78, 5) is 36.0. The van der Waals surface area contributed by atoms with Crippen molar-refractivity contribution in [2.45, 2.75) is 0 Å². The van der Waals surface area contributed by atoms with E-state index in [4.69, 9.17) is 0 Å². The molecule has 1 rings (SSSR count). The van der Waals surface area contributed by atoms with Crippen LogP contribution in [0, 0.1) is 5.92 Å². The lowest BCUT2D eigenvalue weighted by molar-refractivity contribution is -0.144. The second-order valence-electron chi connectivity index (χ2n) is 2.96. The van der Waals surface area contributed by atoms with Gasteiger partial charge in [0.1, 0.15) is 0 Å². The zero-order chi connectivity index (χ0) is 11.6. The molecule has 1 aliphatic rings. The maximum absolute atomic E-state index is 11.5. The molecule has 1 heterocycles. The van der Waals surface area contributed by atoms with Crippen molar-refractivity contribution in [1.29, 1.82) is 0 Å². The number of imide groups is 2. The minimum absolute atomic E-state index is 0.615. The zero-order valence-corrected chi connectivity index (χ0v) is 8.38. The van der Waals surface area contributed by atoms with Crippen LogP contribution >= 0.6 is 0 Å². The molecule has 1 saturated heterocycles. The van der Waals surface area contributed by atoms with Crippen molar-refractivity contribution >= 4 is 30.8 Å². The molecule has 1 aliphatic heterocycles. The first-order chi connectivity index (χ1) is 7.00. The van der Waals surface area contributed by atoms with Gasteiger partial charge in [-0.15, -0.1) is 0 Å². The van der Waals surface area contributed by atoms with Crippen molar-refractivity contribution in [3.8, 4) is 0 Å². The van der Waals surface area contributed by atoms with Gasteiger partial charge in [0.05, 0.1) is 0 Å². The van der Waals surface area contributed by atoms with E-state index in [0.717, 1.165) is 16.0 Å². The molecule has 7 heteroatoms. The van der Waals surface area contributed by atoms with Gasteiger partial charge in [-0.3, -0.25) is 19.4 Å². The van der Waals surface area contributed by atoms with Crippen LogP contribution in [0.3, 0.4) is 0 Å². The highest BCUT2D eigenvalue weighted by molar-refractivity contribution is 6.23. The Labute approximate surface area is 86.1 Å². The molecule has 0 spiro atoms. The van der Waals surface area contributed by atoms with E-state index in [1.165, 1.54) is 14.1 Å². The summed E-state index contributed by atoms with van der Waals surface area (Å²) in [5.41, 5.74) is 0. The minimum atomic E-state index is -1.09. The van der Waals surface area contributed by atoms with Gasteiger partial charge in [-0.25, -0.2) is 4.79 Å². The fourth-order valence-electron chi connectivity index (χ4n) is 1.18. The van der Waals surface area contributed by atoms with Crippen molar-refractivity contribution in [3.63, 3.8) is 0 Å². The van der Waals surface area contributed by atoms with Crippen molar-refractivity contribution in [3.05, 3.63) is 0 Å². The molecular weight excluding hydrogens is 200 g/mol. The summed E-state index contributed by atoms with van der Waals surface area (Å²) >= 11 is 0. The van der Waals surface area contributed by atoms with E-state index in [-0.39, 0.29) is 0 Å². The Hall–Kier alpha value is -2.05. The van der Waals surface area contributed by atoms with Gasteiger partial charge in [0.15, 0.2) is 5.92 Å². The Morgan fingerprint density at radius 2 is 1.67 bits per heavy atom. The van der Waals surface area contributed by atoms with E-state index in [0.29, 0.717) is 0 Å². The first-order valence-corrected chi connectivity index (χ1v) is 4.09. The lowest BCUT2D eigenvalue weighted by Gasteiger charge is -2.30. The quantitative estimate of drug-likeness (QED) is 0.344. The Balaban J connectivity index is 3.02. The van der Waals surface area contributed by atoms with Gasteiger partial charge >= 0.3 is 6.03 Å². The van der Waals surface area contributed by atoms with Crippen LogP contribution < -0.4 is 0 Å². The maximum Gasteiger partial charge on any atom is 0.332 e. The minimum Gasteiger partial charge on any atom is -0.273 e. The van der Waals surface area contributed by atoms with Crippen LogP contribution in [0.2, 0.25) is 0 Å². The van der Waals surface area contributed by atoms with Crippen LogP contribution in [0.25, 0.3) is 0 Å². The van der Waals surface area contributed by atoms with Crippen LogP contribution in [0.5, 0.6) is 0 Å².